The average Bonchev–Trinajstić information content (AvgIpc) is 2.71. The Labute approximate surface area is 124 Å². The molecule has 1 amide bonds. The summed E-state index contributed by atoms with van der Waals surface area (Å²) in [7, 11) is 0. The number of amides is 1. The lowest BCUT2D eigenvalue weighted by Gasteiger charge is -2.28. The molecule has 116 valence electrons. The number of nitrogens with zero attached hydrogens (tertiary/aromatic N) is 2. The third-order valence-corrected chi connectivity index (χ3v) is 4.15. The Morgan fingerprint density at radius 2 is 2.00 bits per heavy atom. The topological polar surface area (TPSA) is 23.6 Å². The van der Waals surface area contributed by atoms with Gasteiger partial charge in [-0.25, -0.2) is 8.78 Å². The van der Waals surface area contributed by atoms with E-state index in [0.29, 0.717) is 25.1 Å². The van der Waals surface area contributed by atoms with Gasteiger partial charge in [-0.2, -0.15) is 0 Å². The molecule has 21 heavy (non-hydrogen) atoms. The SMILES string of the molecule is CCC(=O)N1CCCN(C(C)c2ccc(F)cc2F)CC1. The van der Waals surface area contributed by atoms with Crippen LogP contribution in [-0.4, -0.2) is 41.9 Å². The first-order chi connectivity index (χ1) is 10.0. The molecule has 3 nitrogen and oxygen atoms in total. The van der Waals surface area contributed by atoms with E-state index in [1.54, 1.807) is 0 Å². The van der Waals surface area contributed by atoms with Crippen LogP contribution in [-0.2, 0) is 4.79 Å². The first-order valence-electron chi connectivity index (χ1n) is 7.49. The first-order valence-corrected chi connectivity index (χ1v) is 7.49. The zero-order valence-corrected chi connectivity index (χ0v) is 12.6. The highest BCUT2D eigenvalue weighted by atomic mass is 19.1. The van der Waals surface area contributed by atoms with Crippen LogP contribution in [0.2, 0.25) is 0 Å². The summed E-state index contributed by atoms with van der Waals surface area (Å²) in [4.78, 5) is 15.8. The fourth-order valence-corrected chi connectivity index (χ4v) is 2.83. The number of halogens is 2. The summed E-state index contributed by atoms with van der Waals surface area (Å²) < 4.78 is 26.9. The molecule has 2 rings (SSSR count). The monoisotopic (exact) mass is 296 g/mol. The Morgan fingerprint density at radius 1 is 1.24 bits per heavy atom. The van der Waals surface area contributed by atoms with Gasteiger partial charge in [0.15, 0.2) is 0 Å². The molecule has 0 radical (unpaired) electrons. The second-order valence-electron chi connectivity index (χ2n) is 5.47. The van der Waals surface area contributed by atoms with E-state index in [4.69, 9.17) is 0 Å². The zero-order chi connectivity index (χ0) is 15.4. The fraction of sp³-hybridized carbons (Fsp3) is 0.562. The van der Waals surface area contributed by atoms with Gasteiger partial charge in [0.05, 0.1) is 0 Å². The molecule has 5 heteroatoms. The fourth-order valence-electron chi connectivity index (χ4n) is 2.83. The molecular weight excluding hydrogens is 274 g/mol. The smallest absolute Gasteiger partial charge is 0.222 e. The molecule has 0 spiro atoms. The van der Waals surface area contributed by atoms with Gasteiger partial charge in [0, 0.05) is 50.3 Å². The Bertz CT molecular complexity index is 507. The predicted molar refractivity (Wildman–Crippen MR) is 77.8 cm³/mol. The first kappa shape index (κ1) is 15.9. The lowest BCUT2D eigenvalue weighted by molar-refractivity contribution is -0.130. The molecule has 1 saturated heterocycles. The van der Waals surface area contributed by atoms with Crippen LogP contribution in [0.15, 0.2) is 18.2 Å². The van der Waals surface area contributed by atoms with Crippen LogP contribution in [0, 0.1) is 11.6 Å². The normalized spacial score (nSPS) is 18.4. The van der Waals surface area contributed by atoms with Gasteiger partial charge in [0.1, 0.15) is 11.6 Å². The van der Waals surface area contributed by atoms with Crippen LogP contribution < -0.4 is 0 Å². The third kappa shape index (κ3) is 3.79. The quantitative estimate of drug-likeness (QED) is 0.856. The van der Waals surface area contributed by atoms with E-state index >= 15 is 0 Å². The summed E-state index contributed by atoms with van der Waals surface area (Å²) in [6, 6.07) is 3.60. The van der Waals surface area contributed by atoms with Crippen molar-refractivity contribution >= 4 is 5.91 Å². The minimum atomic E-state index is -0.556. The van der Waals surface area contributed by atoms with Gasteiger partial charge in [-0.3, -0.25) is 9.69 Å². The van der Waals surface area contributed by atoms with Crippen LogP contribution >= 0.6 is 0 Å². The molecule has 1 unspecified atom stereocenters. The largest absolute Gasteiger partial charge is 0.341 e. The number of carbonyl (C=O) groups is 1. The molecule has 1 fully saturated rings. The van der Waals surface area contributed by atoms with E-state index in [0.717, 1.165) is 25.6 Å². The van der Waals surface area contributed by atoms with Crippen molar-refractivity contribution in [1.82, 2.24) is 9.80 Å². The number of hydrogen-bond acceptors (Lipinski definition) is 2. The molecule has 0 saturated carbocycles. The molecule has 1 aromatic rings. The van der Waals surface area contributed by atoms with E-state index in [9.17, 15) is 13.6 Å². The number of rotatable bonds is 3. The van der Waals surface area contributed by atoms with E-state index in [-0.39, 0.29) is 11.9 Å². The molecule has 0 aromatic heterocycles. The van der Waals surface area contributed by atoms with E-state index < -0.39 is 11.6 Å². The highest BCUT2D eigenvalue weighted by molar-refractivity contribution is 5.75. The summed E-state index contributed by atoms with van der Waals surface area (Å²) in [6.45, 7) is 6.73. The molecule has 1 atom stereocenters. The molecule has 1 aliphatic rings. The summed E-state index contributed by atoms with van der Waals surface area (Å²) in [6.07, 6.45) is 1.39. The van der Waals surface area contributed by atoms with Crippen molar-refractivity contribution < 1.29 is 13.6 Å². The van der Waals surface area contributed by atoms with Crippen molar-refractivity contribution in [1.29, 1.82) is 0 Å². The Kier molecular flexibility index (Phi) is 5.28. The maximum atomic E-state index is 13.9. The Balaban J connectivity index is 2.06. The number of carbonyl (C=O) groups excluding carboxylic acids is 1. The summed E-state index contributed by atoms with van der Waals surface area (Å²) in [5.74, 6) is -0.898. The molecular formula is C16H22F2N2O. The molecule has 1 aromatic carbocycles. The van der Waals surface area contributed by atoms with Crippen LogP contribution in [0.1, 0.15) is 38.3 Å². The van der Waals surface area contributed by atoms with Crippen molar-refractivity contribution in [2.45, 2.75) is 32.7 Å². The predicted octanol–water partition coefficient (Wildman–Crippen LogP) is 2.97. The number of benzene rings is 1. The standard InChI is InChI=1S/C16H22F2N2O/c1-3-16(21)20-8-4-7-19(9-10-20)12(2)14-6-5-13(17)11-15(14)18/h5-6,11-12H,3-4,7-10H2,1-2H3. The van der Waals surface area contributed by atoms with E-state index in [1.807, 2.05) is 18.7 Å². The Hall–Kier alpha value is -1.49. The number of hydrogen-bond donors (Lipinski definition) is 0. The maximum absolute atomic E-state index is 13.9. The Morgan fingerprint density at radius 3 is 2.67 bits per heavy atom. The summed E-state index contributed by atoms with van der Waals surface area (Å²) >= 11 is 0. The van der Waals surface area contributed by atoms with E-state index in [2.05, 4.69) is 4.90 Å². The third-order valence-electron chi connectivity index (χ3n) is 4.15. The van der Waals surface area contributed by atoms with Crippen LogP contribution in [0.5, 0.6) is 0 Å². The van der Waals surface area contributed by atoms with Gasteiger partial charge >= 0.3 is 0 Å². The van der Waals surface area contributed by atoms with Gasteiger partial charge in [-0.05, 0) is 19.4 Å². The van der Waals surface area contributed by atoms with Crippen LogP contribution in [0.3, 0.4) is 0 Å². The van der Waals surface area contributed by atoms with Gasteiger partial charge < -0.3 is 4.90 Å². The van der Waals surface area contributed by atoms with E-state index in [1.165, 1.54) is 12.1 Å². The zero-order valence-electron chi connectivity index (χ0n) is 12.6. The molecule has 0 aliphatic carbocycles. The van der Waals surface area contributed by atoms with Gasteiger partial charge in [0.2, 0.25) is 5.91 Å². The van der Waals surface area contributed by atoms with Gasteiger partial charge in [-0.15, -0.1) is 0 Å². The average molecular weight is 296 g/mol. The lowest BCUT2D eigenvalue weighted by Crippen LogP contribution is -2.35. The molecule has 0 N–H and O–H groups in total. The van der Waals surface area contributed by atoms with Crippen LogP contribution in [0.4, 0.5) is 8.78 Å². The highest BCUT2D eigenvalue weighted by Gasteiger charge is 2.23. The molecule has 0 bridgehead atoms. The summed E-state index contributed by atoms with van der Waals surface area (Å²) in [5, 5.41) is 0. The highest BCUT2D eigenvalue weighted by Crippen LogP contribution is 2.24. The van der Waals surface area contributed by atoms with Crippen LogP contribution in [0.25, 0.3) is 0 Å². The minimum Gasteiger partial charge on any atom is -0.341 e. The summed E-state index contributed by atoms with van der Waals surface area (Å²) in [5.41, 5.74) is 0.506. The second kappa shape index (κ2) is 6.98. The molecule has 1 heterocycles. The van der Waals surface area contributed by atoms with Crippen molar-refractivity contribution in [2.24, 2.45) is 0 Å². The van der Waals surface area contributed by atoms with Crippen molar-refractivity contribution in [2.75, 3.05) is 26.2 Å². The van der Waals surface area contributed by atoms with Gasteiger partial charge in [0.25, 0.3) is 0 Å². The van der Waals surface area contributed by atoms with Crippen molar-refractivity contribution in [3.8, 4) is 0 Å². The minimum absolute atomic E-state index is 0.123. The van der Waals surface area contributed by atoms with Crippen molar-refractivity contribution in [3.05, 3.63) is 35.4 Å². The lowest BCUT2D eigenvalue weighted by atomic mass is 10.1. The van der Waals surface area contributed by atoms with Crippen molar-refractivity contribution in [3.63, 3.8) is 0 Å². The molecule has 1 aliphatic heterocycles. The second-order valence-corrected chi connectivity index (χ2v) is 5.47. The maximum Gasteiger partial charge on any atom is 0.222 e. The van der Waals surface area contributed by atoms with Gasteiger partial charge in [-0.1, -0.05) is 13.0 Å².